The predicted octanol–water partition coefficient (Wildman–Crippen LogP) is 3.29. The summed E-state index contributed by atoms with van der Waals surface area (Å²) in [7, 11) is 1.57. The fourth-order valence-electron chi connectivity index (χ4n) is 3.49. The van der Waals surface area contributed by atoms with Crippen LogP contribution < -0.4 is 15.0 Å². The molecule has 1 aliphatic rings. The Kier molecular flexibility index (Phi) is 5.76. The number of pyridine rings is 1. The van der Waals surface area contributed by atoms with E-state index < -0.39 is 17.5 Å². The maximum absolute atomic E-state index is 14.6. The van der Waals surface area contributed by atoms with Crippen LogP contribution in [0.5, 0.6) is 5.75 Å². The highest BCUT2D eigenvalue weighted by Crippen LogP contribution is 2.30. The highest BCUT2D eigenvalue weighted by Gasteiger charge is 2.21. The molecule has 6 nitrogen and oxygen atoms in total. The molecule has 0 aliphatic carbocycles. The number of hydrogen-bond acceptors (Lipinski definition) is 5. The number of hydrogen-bond donors (Lipinski definition) is 1. The van der Waals surface area contributed by atoms with Crippen LogP contribution in [0.3, 0.4) is 0 Å². The Morgan fingerprint density at radius 3 is 2.77 bits per heavy atom. The number of fused-ring (bicyclic) bond motifs is 1. The molecule has 1 saturated heterocycles. The number of benzene rings is 2. The van der Waals surface area contributed by atoms with Crippen LogP contribution in [-0.4, -0.2) is 44.3 Å². The van der Waals surface area contributed by atoms with Crippen LogP contribution in [0, 0.1) is 11.6 Å². The molecule has 0 atom stereocenters. The van der Waals surface area contributed by atoms with Crippen molar-refractivity contribution in [3.05, 3.63) is 65.4 Å². The van der Waals surface area contributed by atoms with E-state index in [2.05, 4.69) is 10.3 Å². The lowest BCUT2D eigenvalue weighted by Crippen LogP contribution is -2.36. The topological polar surface area (TPSA) is 63.7 Å². The van der Waals surface area contributed by atoms with Crippen molar-refractivity contribution in [2.45, 2.75) is 6.54 Å². The Bertz CT molecular complexity index is 1080. The minimum atomic E-state index is -0.741. The molecule has 0 unspecified atom stereocenters. The molecule has 1 aliphatic heterocycles. The van der Waals surface area contributed by atoms with Crippen LogP contribution in [-0.2, 0) is 11.3 Å². The molecule has 4 rings (SSSR count). The second-order valence-electron chi connectivity index (χ2n) is 6.94. The molecule has 156 valence electrons. The first-order valence-electron chi connectivity index (χ1n) is 9.59. The van der Waals surface area contributed by atoms with Gasteiger partial charge in [-0.15, -0.1) is 0 Å². The van der Waals surface area contributed by atoms with E-state index >= 15 is 0 Å². The van der Waals surface area contributed by atoms with Crippen LogP contribution in [0.1, 0.15) is 16.1 Å². The summed E-state index contributed by atoms with van der Waals surface area (Å²) < 4.78 is 39.0. The van der Waals surface area contributed by atoms with Gasteiger partial charge >= 0.3 is 0 Å². The van der Waals surface area contributed by atoms with Crippen LogP contribution in [0.15, 0.2) is 42.5 Å². The van der Waals surface area contributed by atoms with Crippen molar-refractivity contribution in [1.29, 1.82) is 0 Å². The van der Waals surface area contributed by atoms with Crippen LogP contribution >= 0.6 is 0 Å². The Balaban J connectivity index is 1.66. The fourth-order valence-corrected chi connectivity index (χ4v) is 3.49. The first kappa shape index (κ1) is 20.0. The maximum atomic E-state index is 14.6. The number of nitrogens with one attached hydrogen (secondary N) is 1. The SMILES string of the molecule is COc1cccc(CNC(=O)c2cc(N3CCOCC3)c3c(F)cc(F)cc3n2)c1. The number of aromatic nitrogens is 1. The summed E-state index contributed by atoms with van der Waals surface area (Å²) in [5, 5.41) is 3.00. The average Bonchev–Trinajstić information content (AvgIpc) is 2.77. The third-order valence-corrected chi connectivity index (χ3v) is 4.98. The Morgan fingerprint density at radius 2 is 2.00 bits per heavy atom. The number of morpholine rings is 1. The van der Waals surface area contributed by atoms with E-state index in [0.29, 0.717) is 37.7 Å². The fraction of sp³-hybridized carbons (Fsp3) is 0.273. The summed E-state index contributed by atoms with van der Waals surface area (Å²) in [5.41, 5.74) is 1.56. The highest BCUT2D eigenvalue weighted by atomic mass is 19.1. The summed E-state index contributed by atoms with van der Waals surface area (Å²) in [6.07, 6.45) is 0. The number of carbonyl (C=O) groups is 1. The molecule has 2 aromatic carbocycles. The lowest BCUT2D eigenvalue weighted by molar-refractivity contribution is 0.0946. The standard InChI is InChI=1S/C22H21F2N3O3/c1-29-16-4-2-3-14(9-16)13-25-22(28)19-12-20(27-5-7-30-8-6-27)21-17(24)10-15(23)11-18(21)26-19/h2-4,9-12H,5-8,13H2,1H3,(H,25,28). The number of amides is 1. The molecular weight excluding hydrogens is 392 g/mol. The number of halogens is 2. The lowest BCUT2D eigenvalue weighted by Gasteiger charge is -2.30. The number of methoxy groups -OCH3 is 1. The molecule has 1 fully saturated rings. The normalized spacial score (nSPS) is 14.0. The summed E-state index contributed by atoms with van der Waals surface area (Å²) in [4.78, 5) is 18.9. The van der Waals surface area contributed by atoms with Gasteiger partial charge in [0.1, 0.15) is 23.1 Å². The van der Waals surface area contributed by atoms with Gasteiger partial charge in [0.25, 0.3) is 5.91 Å². The number of ether oxygens (including phenoxy) is 2. The molecule has 1 aromatic heterocycles. The van der Waals surface area contributed by atoms with Gasteiger partial charge in [0.15, 0.2) is 0 Å². The number of carbonyl (C=O) groups excluding carboxylic acids is 1. The number of nitrogens with zero attached hydrogens (tertiary/aromatic N) is 2. The smallest absolute Gasteiger partial charge is 0.270 e. The average molecular weight is 413 g/mol. The third-order valence-electron chi connectivity index (χ3n) is 4.98. The molecule has 8 heteroatoms. The minimum Gasteiger partial charge on any atom is -0.497 e. The van der Waals surface area contributed by atoms with Gasteiger partial charge < -0.3 is 19.7 Å². The predicted molar refractivity (Wildman–Crippen MR) is 109 cm³/mol. The van der Waals surface area contributed by atoms with Gasteiger partial charge in [-0.05, 0) is 23.8 Å². The summed E-state index contributed by atoms with van der Waals surface area (Å²) in [5.74, 6) is -1.19. The zero-order valence-electron chi connectivity index (χ0n) is 16.5. The van der Waals surface area contributed by atoms with E-state index in [4.69, 9.17) is 9.47 Å². The second-order valence-corrected chi connectivity index (χ2v) is 6.94. The van der Waals surface area contributed by atoms with Crippen molar-refractivity contribution < 1.29 is 23.0 Å². The zero-order valence-corrected chi connectivity index (χ0v) is 16.5. The first-order chi connectivity index (χ1) is 14.5. The molecule has 0 radical (unpaired) electrons. The molecule has 0 spiro atoms. The molecule has 0 bridgehead atoms. The Morgan fingerprint density at radius 1 is 1.20 bits per heavy atom. The van der Waals surface area contributed by atoms with Crippen LogP contribution in [0.25, 0.3) is 10.9 Å². The molecule has 0 saturated carbocycles. The number of anilines is 1. The largest absolute Gasteiger partial charge is 0.497 e. The van der Waals surface area contributed by atoms with Crippen molar-refractivity contribution in [2.75, 3.05) is 38.3 Å². The summed E-state index contributed by atoms with van der Waals surface area (Å²) in [6.45, 7) is 2.33. The van der Waals surface area contributed by atoms with Crippen molar-refractivity contribution in [2.24, 2.45) is 0 Å². The summed E-state index contributed by atoms with van der Waals surface area (Å²) in [6, 6.07) is 10.8. The highest BCUT2D eigenvalue weighted by molar-refractivity contribution is 6.00. The molecule has 1 amide bonds. The second kappa shape index (κ2) is 8.62. The number of rotatable bonds is 5. The molecule has 2 heterocycles. The quantitative estimate of drug-likeness (QED) is 0.696. The molecular formula is C22H21F2N3O3. The van der Waals surface area contributed by atoms with Gasteiger partial charge in [-0.3, -0.25) is 4.79 Å². The van der Waals surface area contributed by atoms with Crippen molar-refractivity contribution >= 4 is 22.5 Å². The van der Waals surface area contributed by atoms with E-state index in [1.165, 1.54) is 0 Å². The van der Waals surface area contributed by atoms with Crippen LogP contribution in [0.4, 0.5) is 14.5 Å². The monoisotopic (exact) mass is 413 g/mol. The van der Waals surface area contributed by atoms with Crippen LogP contribution in [0.2, 0.25) is 0 Å². The lowest BCUT2D eigenvalue weighted by atomic mass is 10.1. The first-order valence-corrected chi connectivity index (χ1v) is 9.59. The zero-order chi connectivity index (χ0) is 21.1. The van der Waals surface area contributed by atoms with Gasteiger partial charge in [-0.25, -0.2) is 13.8 Å². The van der Waals surface area contributed by atoms with E-state index in [0.717, 1.165) is 17.7 Å². The third kappa shape index (κ3) is 4.18. The van der Waals surface area contributed by atoms with Gasteiger partial charge in [0.2, 0.25) is 0 Å². The van der Waals surface area contributed by atoms with Crippen molar-refractivity contribution in [3.8, 4) is 5.75 Å². The Hall–Kier alpha value is -3.26. The molecule has 3 aromatic rings. The minimum absolute atomic E-state index is 0.0943. The van der Waals surface area contributed by atoms with Gasteiger partial charge in [-0.1, -0.05) is 12.1 Å². The van der Waals surface area contributed by atoms with Gasteiger partial charge in [-0.2, -0.15) is 0 Å². The Labute approximate surface area is 172 Å². The van der Waals surface area contributed by atoms with E-state index in [1.54, 1.807) is 13.2 Å². The van der Waals surface area contributed by atoms with E-state index in [1.807, 2.05) is 29.2 Å². The molecule has 1 N–H and O–H groups in total. The van der Waals surface area contributed by atoms with Crippen molar-refractivity contribution in [1.82, 2.24) is 10.3 Å². The van der Waals surface area contributed by atoms with E-state index in [-0.39, 0.29) is 23.1 Å². The van der Waals surface area contributed by atoms with Gasteiger partial charge in [0, 0.05) is 31.8 Å². The van der Waals surface area contributed by atoms with E-state index in [9.17, 15) is 13.6 Å². The summed E-state index contributed by atoms with van der Waals surface area (Å²) >= 11 is 0. The van der Waals surface area contributed by atoms with Crippen molar-refractivity contribution in [3.63, 3.8) is 0 Å². The molecule has 30 heavy (non-hydrogen) atoms. The van der Waals surface area contributed by atoms with Gasteiger partial charge in [0.05, 0.1) is 36.9 Å². The maximum Gasteiger partial charge on any atom is 0.270 e.